The molecule has 0 fully saturated rings. The Balaban J connectivity index is 1.74. The van der Waals surface area contributed by atoms with E-state index in [-0.39, 0.29) is 11.1 Å². The van der Waals surface area contributed by atoms with Crippen molar-refractivity contribution in [3.8, 4) is 0 Å². The van der Waals surface area contributed by atoms with Crippen molar-refractivity contribution in [2.24, 2.45) is 5.10 Å². The number of hydrazone groups is 1. The van der Waals surface area contributed by atoms with E-state index in [9.17, 15) is 9.59 Å². The Morgan fingerprint density at radius 1 is 1.08 bits per heavy atom. The van der Waals surface area contributed by atoms with Crippen LogP contribution in [0, 0.1) is 0 Å². The van der Waals surface area contributed by atoms with Crippen molar-refractivity contribution in [1.82, 2.24) is 15.0 Å². The van der Waals surface area contributed by atoms with Crippen molar-refractivity contribution in [2.45, 2.75) is 6.54 Å². The molecule has 0 atom stereocenters. The Morgan fingerprint density at radius 2 is 1.88 bits per heavy atom. The molecule has 0 unspecified atom stereocenters. The van der Waals surface area contributed by atoms with E-state index in [1.807, 2.05) is 36.4 Å². The molecule has 2 aromatic heterocycles. The lowest BCUT2D eigenvalue weighted by Gasteiger charge is -2.07. The van der Waals surface area contributed by atoms with Crippen LogP contribution in [-0.4, -0.2) is 21.7 Å². The van der Waals surface area contributed by atoms with Crippen molar-refractivity contribution in [3.05, 3.63) is 100 Å². The molecule has 1 aromatic carbocycles. The van der Waals surface area contributed by atoms with Gasteiger partial charge in [-0.15, -0.1) is 0 Å². The van der Waals surface area contributed by atoms with Crippen LogP contribution in [0.25, 0.3) is 0 Å². The molecule has 3 rings (SSSR count). The van der Waals surface area contributed by atoms with Gasteiger partial charge in [0.15, 0.2) is 0 Å². The Hall–Kier alpha value is -3.54. The van der Waals surface area contributed by atoms with Crippen LogP contribution >= 0.6 is 0 Å². The molecule has 6 heteroatoms. The third-order valence-corrected chi connectivity index (χ3v) is 3.51. The zero-order chi connectivity index (χ0) is 17.5. The molecule has 0 aliphatic carbocycles. The summed E-state index contributed by atoms with van der Waals surface area (Å²) in [7, 11) is 0. The number of hydrogen-bond donors (Lipinski definition) is 1. The standard InChI is InChI=1S/C19H16N4O2/c24-18(22-21-13-16-9-4-5-11-20-16)17-10-6-12-23(19(17)25)14-15-7-2-1-3-8-15/h1-13H,14H2,(H,22,24)/b21-13-. The topological polar surface area (TPSA) is 76.3 Å². The minimum atomic E-state index is -0.556. The largest absolute Gasteiger partial charge is 0.310 e. The number of hydrogen-bond acceptors (Lipinski definition) is 4. The number of carbonyl (C=O) groups is 1. The van der Waals surface area contributed by atoms with Gasteiger partial charge in [-0.05, 0) is 29.8 Å². The second-order valence-electron chi connectivity index (χ2n) is 5.29. The lowest BCUT2D eigenvalue weighted by molar-refractivity contribution is 0.0953. The van der Waals surface area contributed by atoms with Gasteiger partial charge in [0.1, 0.15) is 5.56 Å². The zero-order valence-corrected chi connectivity index (χ0v) is 13.4. The number of carbonyl (C=O) groups excluding carboxylic acids is 1. The first-order valence-corrected chi connectivity index (χ1v) is 7.72. The highest BCUT2D eigenvalue weighted by Gasteiger charge is 2.11. The summed E-state index contributed by atoms with van der Waals surface area (Å²) in [6, 6.07) is 18.1. The number of nitrogens with zero attached hydrogens (tertiary/aromatic N) is 3. The second kappa shape index (κ2) is 7.83. The molecule has 0 radical (unpaired) electrons. The summed E-state index contributed by atoms with van der Waals surface area (Å²) >= 11 is 0. The van der Waals surface area contributed by atoms with E-state index >= 15 is 0 Å². The number of amides is 1. The van der Waals surface area contributed by atoms with E-state index in [1.165, 1.54) is 16.8 Å². The highest BCUT2D eigenvalue weighted by atomic mass is 16.2. The highest BCUT2D eigenvalue weighted by molar-refractivity contribution is 5.94. The van der Waals surface area contributed by atoms with Crippen molar-refractivity contribution in [1.29, 1.82) is 0 Å². The lowest BCUT2D eigenvalue weighted by Crippen LogP contribution is -2.30. The molecular formula is C19H16N4O2. The van der Waals surface area contributed by atoms with Crippen LogP contribution in [-0.2, 0) is 6.54 Å². The van der Waals surface area contributed by atoms with Crippen LogP contribution in [0.3, 0.4) is 0 Å². The normalized spacial score (nSPS) is 10.7. The predicted octanol–water partition coefficient (Wildman–Crippen LogP) is 2.06. The van der Waals surface area contributed by atoms with Crippen LogP contribution in [0.15, 0.2) is 83.0 Å². The molecule has 0 spiro atoms. The van der Waals surface area contributed by atoms with Gasteiger partial charge in [-0.1, -0.05) is 36.4 Å². The number of benzene rings is 1. The van der Waals surface area contributed by atoms with Crippen molar-refractivity contribution in [3.63, 3.8) is 0 Å². The number of aromatic nitrogens is 2. The quantitative estimate of drug-likeness (QED) is 0.574. The van der Waals surface area contributed by atoms with Gasteiger partial charge in [0.05, 0.1) is 18.5 Å². The summed E-state index contributed by atoms with van der Waals surface area (Å²) in [5.74, 6) is -0.556. The molecule has 0 bridgehead atoms. The maximum Gasteiger partial charge on any atom is 0.276 e. The maximum absolute atomic E-state index is 12.5. The highest BCUT2D eigenvalue weighted by Crippen LogP contribution is 2.01. The molecule has 0 saturated carbocycles. The molecule has 0 aliphatic rings. The van der Waals surface area contributed by atoms with Crippen molar-refractivity contribution in [2.75, 3.05) is 0 Å². The summed E-state index contributed by atoms with van der Waals surface area (Å²) in [5, 5.41) is 3.84. The van der Waals surface area contributed by atoms with Crippen LogP contribution in [0.4, 0.5) is 0 Å². The Labute approximate surface area is 144 Å². The van der Waals surface area contributed by atoms with Crippen LogP contribution in [0.5, 0.6) is 0 Å². The van der Waals surface area contributed by atoms with Crippen molar-refractivity contribution < 1.29 is 4.79 Å². The number of rotatable bonds is 5. The van der Waals surface area contributed by atoms with Gasteiger partial charge in [-0.3, -0.25) is 14.6 Å². The summed E-state index contributed by atoms with van der Waals surface area (Å²) < 4.78 is 1.49. The fraction of sp³-hybridized carbons (Fsp3) is 0.0526. The third-order valence-electron chi connectivity index (χ3n) is 3.51. The molecule has 124 valence electrons. The van der Waals surface area contributed by atoms with Gasteiger partial charge >= 0.3 is 0 Å². The molecule has 6 nitrogen and oxygen atoms in total. The molecule has 25 heavy (non-hydrogen) atoms. The first kappa shape index (κ1) is 16.3. The molecule has 1 amide bonds. The van der Waals surface area contributed by atoms with Crippen LogP contribution in [0.2, 0.25) is 0 Å². The summed E-state index contributed by atoms with van der Waals surface area (Å²) in [5.41, 5.74) is 3.62. The van der Waals surface area contributed by atoms with Crippen LogP contribution < -0.4 is 11.0 Å². The number of pyridine rings is 2. The molecule has 1 N–H and O–H groups in total. The van der Waals surface area contributed by atoms with Gasteiger partial charge in [-0.25, -0.2) is 5.43 Å². The van der Waals surface area contributed by atoms with E-state index in [4.69, 9.17) is 0 Å². The third kappa shape index (κ3) is 4.26. The monoisotopic (exact) mass is 332 g/mol. The summed E-state index contributed by atoms with van der Waals surface area (Å²) in [6.07, 6.45) is 4.70. The van der Waals surface area contributed by atoms with Gasteiger partial charge in [0, 0.05) is 12.4 Å². The molecular weight excluding hydrogens is 316 g/mol. The fourth-order valence-electron chi connectivity index (χ4n) is 2.28. The van der Waals surface area contributed by atoms with E-state index in [0.29, 0.717) is 12.2 Å². The SMILES string of the molecule is O=C(N/N=C\c1ccccn1)c1cccn(Cc2ccccc2)c1=O. The molecule has 3 aromatic rings. The minimum absolute atomic E-state index is 0.0385. The Bertz CT molecular complexity index is 934. The Morgan fingerprint density at radius 3 is 2.64 bits per heavy atom. The van der Waals surface area contributed by atoms with Gasteiger partial charge in [0.2, 0.25) is 0 Å². The average Bonchev–Trinajstić information content (AvgIpc) is 2.65. The summed E-state index contributed by atoms with van der Waals surface area (Å²) in [6.45, 7) is 0.401. The van der Waals surface area contributed by atoms with Gasteiger partial charge < -0.3 is 4.57 Å². The van der Waals surface area contributed by atoms with E-state index < -0.39 is 5.91 Å². The zero-order valence-electron chi connectivity index (χ0n) is 13.4. The molecule has 2 heterocycles. The number of nitrogens with one attached hydrogen (secondary N) is 1. The smallest absolute Gasteiger partial charge is 0.276 e. The lowest BCUT2D eigenvalue weighted by atomic mass is 10.2. The minimum Gasteiger partial charge on any atom is -0.310 e. The van der Waals surface area contributed by atoms with E-state index in [1.54, 1.807) is 30.6 Å². The van der Waals surface area contributed by atoms with Gasteiger partial charge in [0.25, 0.3) is 11.5 Å². The molecule has 0 saturated heterocycles. The second-order valence-corrected chi connectivity index (χ2v) is 5.29. The van der Waals surface area contributed by atoms with Gasteiger partial charge in [-0.2, -0.15) is 5.10 Å². The average molecular weight is 332 g/mol. The summed E-state index contributed by atoms with van der Waals surface area (Å²) in [4.78, 5) is 28.7. The van der Waals surface area contributed by atoms with E-state index in [2.05, 4.69) is 15.5 Å². The fourth-order valence-corrected chi connectivity index (χ4v) is 2.28. The van der Waals surface area contributed by atoms with E-state index in [0.717, 1.165) is 5.56 Å². The maximum atomic E-state index is 12.5. The van der Waals surface area contributed by atoms with Crippen molar-refractivity contribution >= 4 is 12.1 Å². The first-order valence-electron chi connectivity index (χ1n) is 7.72. The molecule has 0 aliphatic heterocycles. The Kier molecular flexibility index (Phi) is 5.11. The first-order chi connectivity index (χ1) is 12.2. The predicted molar refractivity (Wildman–Crippen MR) is 95.5 cm³/mol. The van der Waals surface area contributed by atoms with Crippen LogP contribution in [0.1, 0.15) is 21.6 Å².